The first-order valence-electron chi connectivity index (χ1n) is 17.6. The number of benzene rings is 10. The van der Waals surface area contributed by atoms with Crippen LogP contribution in [0.4, 0.5) is 17.1 Å². The minimum absolute atomic E-state index is 1.11. The molecule has 238 valence electrons. The summed E-state index contributed by atoms with van der Waals surface area (Å²) in [5.41, 5.74) is 8.17. The molecule has 0 aromatic heterocycles. The largest absolute Gasteiger partial charge is 0.310 e. The van der Waals surface area contributed by atoms with Crippen molar-refractivity contribution in [3.05, 3.63) is 200 Å². The van der Waals surface area contributed by atoms with E-state index in [1.165, 1.54) is 76.1 Å². The van der Waals surface area contributed by atoms with Gasteiger partial charge < -0.3 is 4.90 Å². The third kappa shape index (κ3) is 5.02. The van der Waals surface area contributed by atoms with Crippen molar-refractivity contribution in [2.75, 3.05) is 4.90 Å². The van der Waals surface area contributed by atoms with Crippen molar-refractivity contribution in [2.45, 2.75) is 0 Å². The van der Waals surface area contributed by atoms with E-state index in [-0.39, 0.29) is 0 Å². The molecule has 0 aliphatic carbocycles. The number of hydrogen-bond acceptors (Lipinski definition) is 1. The van der Waals surface area contributed by atoms with E-state index in [4.69, 9.17) is 0 Å². The monoisotopic (exact) mass is 647 g/mol. The molecule has 0 amide bonds. The Hall–Kier alpha value is -6.70. The molecule has 10 rings (SSSR count). The van der Waals surface area contributed by atoms with Crippen LogP contribution in [-0.4, -0.2) is 0 Å². The van der Waals surface area contributed by atoms with Crippen LogP contribution in [0, 0.1) is 0 Å². The van der Waals surface area contributed by atoms with Crippen molar-refractivity contribution in [3.63, 3.8) is 0 Å². The first-order chi connectivity index (χ1) is 25.3. The molecule has 51 heavy (non-hydrogen) atoms. The lowest BCUT2D eigenvalue weighted by molar-refractivity contribution is 1.29. The van der Waals surface area contributed by atoms with Gasteiger partial charge in [0.2, 0.25) is 0 Å². The second-order valence-electron chi connectivity index (χ2n) is 13.3. The van der Waals surface area contributed by atoms with Gasteiger partial charge >= 0.3 is 0 Å². The Kier molecular flexibility index (Phi) is 6.89. The summed E-state index contributed by atoms with van der Waals surface area (Å²) in [5.74, 6) is 0. The zero-order valence-electron chi connectivity index (χ0n) is 28.0. The Morgan fingerprint density at radius 3 is 1.53 bits per heavy atom. The molecule has 0 saturated heterocycles. The highest BCUT2D eigenvalue weighted by atomic mass is 15.1. The number of nitrogens with zero attached hydrogens (tertiary/aromatic N) is 1. The third-order valence-electron chi connectivity index (χ3n) is 10.4. The first kappa shape index (κ1) is 29.2. The summed E-state index contributed by atoms with van der Waals surface area (Å²) in [6.45, 7) is 0. The van der Waals surface area contributed by atoms with E-state index in [9.17, 15) is 0 Å². The van der Waals surface area contributed by atoms with Crippen LogP contribution >= 0.6 is 0 Å². The normalized spacial score (nSPS) is 11.5. The minimum atomic E-state index is 1.11. The first-order valence-corrected chi connectivity index (χ1v) is 17.6. The molecule has 0 heterocycles. The molecule has 0 aliphatic heterocycles. The van der Waals surface area contributed by atoms with Gasteiger partial charge in [-0.3, -0.25) is 0 Å². The maximum absolute atomic E-state index is 2.40. The summed E-state index contributed by atoms with van der Waals surface area (Å²) in [4.78, 5) is 2.40. The lowest BCUT2D eigenvalue weighted by Gasteiger charge is -2.28. The molecule has 0 saturated carbocycles. The number of anilines is 3. The number of rotatable bonds is 5. The van der Waals surface area contributed by atoms with Gasteiger partial charge in [0.25, 0.3) is 0 Å². The summed E-state index contributed by atoms with van der Waals surface area (Å²) in [5, 5.41) is 12.7. The molecule has 0 N–H and O–H groups in total. The highest BCUT2D eigenvalue weighted by Crippen LogP contribution is 2.43. The van der Waals surface area contributed by atoms with Crippen molar-refractivity contribution in [3.8, 4) is 22.3 Å². The molecule has 0 radical (unpaired) electrons. The van der Waals surface area contributed by atoms with E-state index in [0.29, 0.717) is 0 Å². The van der Waals surface area contributed by atoms with E-state index in [2.05, 4.69) is 205 Å². The molecule has 10 aromatic rings. The average molecular weight is 648 g/mol. The second kappa shape index (κ2) is 12.0. The zero-order chi connectivity index (χ0) is 33.7. The van der Waals surface area contributed by atoms with Gasteiger partial charge in [-0.25, -0.2) is 0 Å². The molecule has 0 unspecified atom stereocenters. The molecule has 0 atom stereocenters. The predicted octanol–water partition coefficient (Wildman–Crippen LogP) is 14.3. The predicted molar refractivity (Wildman–Crippen MR) is 220 cm³/mol. The quantitative estimate of drug-likeness (QED) is 0.168. The van der Waals surface area contributed by atoms with E-state index >= 15 is 0 Å². The second-order valence-corrected chi connectivity index (χ2v) is 13.3. The van der Waals surface area contributed by atoms with Gasteiger partial charge in [-0.15, -0.1) is 0 Å². The number of hydrogen-bond donors (Lipinski definition) is 0. The van der Waals surface area contributed by atoms with E-state index in [0.717, 1.165) is 17.1 Å². The minimum Gasteiger partial charge on any atom is -0.310 e. The van der Waals surface area contributed by atoms with Gasteiger partial charge in [0.15, 0.2) is 0 Å². The fourth-order valence-electron chi connectivity index (χ4n) is 7.91. The van der Waals surface area contributed by atoms with Gasteiger partial charge in [0.05, 0.1) is 5.69 Å². The average Bonchev–Trinajstić information content (AvgIpc) is 3.21. The van der Waals surface area contributed by atoms with Gasteiger partial charge in [0.1, 0.15) is 0 Å². The molecular formula is C50H33N. The molecule has 0 aliphatic rings. The maximum atomic E-state index is 2.40. The van der Waals surface area contributed by atoms with Crippen molar-refractivity contribution in [1.29, 1.82) is 0 Å². The smallest absolute Gasteiger partial charge is 0.0540 e. The van der Waals surface area contributed by atoms with Crippen LogP contribution in [0.3, 0.4) is 0 Å². The van der Waals surface area contributed by atoms with Gasteiger partial charge in [-0.05, 0) is 107 Å². The molecule has 1 heteroatoms. The van der Waals surface area contributed by atoms with Gasteiger partial charge in [-0.1, -0.05) is 164 Å². The molecule has 10 aromatic carbocycles. The van der Waals surface area contributed by atoms with Crippen LogP contribution in [0.2, 0.25) is 0 Å². The summed E-state index contributed by atoms with van der Waals surface area (Å²) in [6, 6.07) is 73.0. The Bertz CT molecular complexity index is 2900. The lowest BCUT2D eigenvalue weighted by Crippen LogP contribution is -2.11. The van der Waals surface area contributed by atoms with E-state index < -0.39 is 0 Å². The van der Waals surface area contributed by atoms with E-state index in [1.54, 1.807) is 0 Å². The van der Waals surface area contributed by atoms with Crippen molar-refractivity contribution < 1.29 is 0 Å². The Balaban J connectivity index is 1.09. The number of fused-ring (bicyclic) bond motifs is 8. The molecular weight excluding hydrogens is 615 g/mol. The lowest BCUT2D eigenvalue weighted by atomic mass is 9.94. The molecule has 0 spiro atoms. The van der Waals surface area contributed by atoms with Crippen LogP contribution in [0.15, 0.2) is 200 Å². The van der Waals surface area contributed by atoms with Crippen molar-refractivity contribution in [2.24, 2.45) is 0 Å². The standard InChI is InChI=1S/C50H33N/c1-2-10-35(11-3-1)47-16-8-9-17-50(47)51(42-27-31-45-40(33-42)19-18-36-12-4-6-14-43(36)45)41-25-20-34(21-26-41)38-23-28-46-39(32-38)24-30-48-44-15-7-5-13-37(44)22-29-49(46)48/h1-33H. The highest BCUT2D eigenvalue weighted by molar-refractivity contribution is 6.17. The van der Waals surface area contributed by atoms with E-state index in [1.807, 2.05) is 0 Å². The molecule has 0 fully saturated rings. The van der Waals surface area contributed by atoms with Crippen LogP contribution < -0.4 is 4.90 Å². The van der Waals surface area contributed by atoms with Crippen LogP contribution in [0.5, 0.6) is 0 Å². The summed E-state index contributed by atoms with van der Waals surface area (Å²) < 4.78 is 0. The summed E-state index contributed by atoms with van der Waals surface area (Å²) in [6.07, 6.45) is 0. The summed E-state index contributed by atoms with van der Waals surface area (Å²) in [7, 11) is 0. The van der Waals surface area contributed by atoms with Crippen LogP contribution in [-0.2, 0) is 0 Å². The van der Waals surface area contributed by atoms with Gasteiger partial charge in [-0.2, -0.15) is 0 Å². The summed E-state index contributed by atoms with van der Waals surface area (Å²) >= 11 is 0. The SMILES string of the molecule is c1ccc(-c2ccccc2N(c2ccc(-c3ccc4c(ccc5c6ccccc6ccc45)c3)cc2)c2ccc3c(ccc4ccccc43)c2)cc1. The number of para-hydroxylation sites is 1. The van der Waals surface area contributed by atoms with Gasteiger partial charge in [0, 0.05) is 16.9 Å². The highest BCUT2D eigenvalue weighted by Gasteiger charge is 2.18. The van der Waals surface area contributed by atoms with Crippen LogP contribution in [0.25, 0.3) is 76.1 Å². The Morgan fingerprint density at radius 2 is 0.745 bits per heavy atom. The maximum Gasteiger partial charge on any atom is 0.0540 e. The Morgan fingerprint density at radius 1 is 0.255 bits per heavy atom. The third-order valence-corrected chi connectivity index (χ3v) is 10.4. The van der Waals surface area contributed by atoms with Crippen molar-refractivity contribution in [1.82, 2.24) is 0 Å². The topological polar surface area (TPSA) is 3.24 Å². The van der Waals surface area contributed by atoms with Crippen LogP contribution in [0.1, 0.15) is 0 Å². The Labute approximate surface area is 297 Å². The fourth-order valence-corrected chi connectivity index (χ4v) is 7.91. The zero-order valence-corrected chi connectivity index (χ0v) is 28.0. The van der Waals surface area contributed by atoms with Crippen molar-refractivity contribution >= 4 is 70.9 Å². The molecule has 1 nitrogen and oxygen atoms in total. The molecule has 0 bridgehead atoms. The fraction of sp³-hybridized carbons (Fsp3) is 0.